The molecule has 0 saturated carbocycles. The summed E-state index contributed by atoms with van der Waals surface area (Å²) < 4.78 is 5.42. The molecule has 4 heterocycles. The van der Waals surface area contributed by atoms with Gasteiger partial charge in [-0.05, 0) is 30.4 Å². The standard InChI is InChI=1S/C25H33N5O3/c31-23(17-28-8-5-19-3-1-2-4-21(19)15-28)18-30-10-9-29(25(30)32)16-22-13-27-24(14-26-22)20-6-11-33-12-7-20/h1-4,13-14,20,23,31H,5-12,15-18H2/t23-/m1/s1. The first kappa shape index (κ1) is 22.3. The van der Waals surface area contributed by atoms with Crippen LogP contribution in [0.5, 0.6) is 0 Å². The third kappa shape index (κ3) is 5.34. The predicted molar refractivity (Wildman–Crippen MR) is 124 cm³/mol. The molecule has 1 N–H and O–H groups in total. The Morgan fingerprint density at radius 1 is 1.00 bits per heavy atom. The smallest absolute Gasteiger partial charge is 0.320 e. The molecule has 3 aliphatic heterocycles. The highest BCUT2D eigenvalue weighted by Gasteiger charge is 2.31. The number of carbonyl (C=O) groups excluding carboxylic acids is 1. The number of rotatable bonds is 7. The van der Waals surface area contributed by atoms with E-state index in [4.69, 9.17) is 4.74 Å². The molecule has 0 spiro atoms. The van der Waals surface area contributed by atoms with Gasteiger partial charge >= 0.3 is 6.03 Å². The zero-order valence-corrected chi connectivity index (χ0v) is 19.1. The van der Waals surface area contributed by atoms with Crippen LogP contribution < -0.4 is 0 Å². The lowest BCUT2D eigenvalue weighted by Gasteiger charge is -2.31. The Labute approximate surface area is 195 Å². The summed E-state index contributed by atoms with van der Waals surface area (Å²) in [5.74, 6) is 0.416. The fourth-order valence-electron chi connectivity index (χ4n) is 5.12. The van der Waals surface area contributed by atoms with Gasteiger partial charge in [-0.2, -0.15) is 0 Å². The van der Waals surface area contributed by atoms with Gasteiger partial charge in [-0.15, -0.1) is 0 Å². The van der Waals surface area contributed by atoms with Crippen molar-refractivity contribution in [1.82, 2.24) is 24.7 Å². The van der Waals surface area contributed by atoms with E-state index in [-0.39, 0.29) is 6.03 Å². The normalized spacial score (nSPS) is 20.8. The lowest BCUT2D eigenvalue weighted by Crippen LogP contribution is -2.43. The second kappa shape index (κ2) is 10.2. The van der Waals surface area contributed by atoms with Gasteiger partial charge in [-0.1, -0.05) is 24.3 Å². The van der Waals surface area contributed by atoms with Crippen LogP contribution in [0.2, 0.25) is 0 Å². The Morgan fingerprint density at radius 3 is 2.58 bits per heavy atom. The summed E-state index contributed by atoms with van der Waals surface area (Å²) in [6.45, 7) is 6.03. The third-order valence-corrected chi connectivity index (χ3v) is 7.01. The van der Waals surface area contributed by atoms with E-state index in [0.717, 1.165) is 57.0 Å². The largest absolute Gasteiger partial charge is 0.390 e. The van der Waals surface area contributed by atoms with Crippen LogP contribution >= 0.6 is 0 Å². The number of ether oxygens (including phenoxy) is 1. The van der Waals surface area contributed by atoms with Gasteiger partial charge in [0, 0.05) is 64.6 Å². The summed E-state index contributed by atoms with van der Waals surface area (Å²) in [7, 11) is 0. The summed E-state index contributed by atoms with van der Waals surface area (Å²) in [6.07, 6.45) is 6.07. The van der Waals surface area contributed by atoms with Gasteiger partial charge in [-0.25, -0.2) is 4.79 Å². The van der Waals surface area contributed by atoms with Gasteiger partial charge < -0.3 is 19.6 Å². The first-order valence-corrected chi connectivity index (χ1v) is 12.1. The minimum Gasteiger partial charge on any atom is -0.390 e. The van der Waals surface area contributed by atoms with Crippen LogP contribution in [0, 0.1) is 0 Å². The average Bonchev–Trinajstić information content (AvgIpc) is 3.18. The summed E-state index contributed by atoms with van der Waals surface area (Å²) in [6, 6.07) is 8.46. The van der Waals surface area contributed by atoms with Crippen molar-refractivity contribution in [1.29, 1.82) is 0 Å². The maximum atomic E-state index is 12.9. The monoisotopic (exact) mass is 451 g/mol. The van der Waals surface area contributed by atoms with Crippen molar-refractivity contribution in [3.8, 4) is 0 Å². The summed E-state index contributed by atoms with van der Waals surface area (Å²) in [5.41, 5.74) is 4.55. The molecule has 1 aromatic heterocycles. The summed E-state index contributed by atoms with van der Waals surface area (Å²) in [4.78, 5) is 27.9. The fraction of sp³-hybridized carbons (Fsp3) is 0.560. The van der Waals surface area contributed by atoms with Crippen molar-refractivity contribution in [3.05, 3.63) is 59.2 Å². The van der Waals surface area contributed by atoms with E-state index >= 15 is 0 Å². The lowest BCUT2D eigenvalue weighted by atomic mass is 9.97. The quantitative estimate of drug-likeness (QED) is 0.694. The predicted octanol–water partition coefficient (Wildman–Crippen LogP) is 2.03. The molecule has 2 aromatic rings. The van der Waals surface area contributed by atoms with Gasteiger partial charge in [0.15, 0.2) is 0 Å². The van der Waals surface area contributed by atoms with Gasteiger partial charge in [0.25, 0.3) is 0 Å². The van der Waals surface area contributed by atoms with Gasteiger partial charge in [0.2, 0.25) is 0 Å². The number of benzene rings is 1. The highest BCUT2D eigenvalue weighted by atomic mass is 16.5. The molecular weight excluding hydrogens is 418 g/mol. The molecule has 8 heteroatoms. The maximum Gasteiger partial charge on any atom is 0.320 e. The molecule has 2 saturated heterocycles. The summed E-state index contributed by atoms with van der Waals surface area (Å²) >= 11 is 0. The number of aromatic nitrogens is 2. The number of hydrogen-bond acceptors (Lipinski definition) is 6. The van der Waals surface area contributed by atoms with Crippen molar-refractivity contribution >= 4 is 6.03 Å². The third-order valence-electron chi connectivity index (χ3n) is 7.01. The fourth-order valence-corrected chi connectivity index (χ4v) is 5.12. The van der Waals surface area contributed by atoms with E-state index in [9.17, 15) is 9.90 Å². The van der Waals surface area contributed by atoms with E-state index < -0.39 is 6.10 Å². The Balaban J connectivity index is 1.10. The van der Waals surface area contributed by atoms with Crippen LogP contribution in [-0.2, 0) is 24.2 Å². The first-order chi connectivity index (χ1) is 16.2. The van der Waals surface area contributed by atoms with Gasteiger partial charge in [-0.3, -0.25) is 14.9 Å². The minimum atomic E-state index is -0.558. The van der Waals surface area contributed by atoms with Crippen molar-refractivity contribution < 1.29 is 14.6 Å². The molecule has 33 heavy (non-hydrogen) atoms. The molecule has 0 radical (unpaired) electrons. The molecular formula is C25H33N5O3. The number of carbonyl (C=O) groups is 1. The van der Waals surface area contributed by atoms with Crippen molar-refractivity contribution in [2.45, 2.75) is 44.4 Å². The highest BCUT2D eigenvalue weighted by molar-refractivity contribution is 5.76. The molecule has 3 aliphatic rings. The maximum absolute atomic E-state index is 12.9. The number of fused-ring (bicyclic) bond motifs is 1. The van der Waals surface area contributed by atoms with Crippen LogP contribution in [0.15, 0.2) is 36.7 Å². The molecule has 0 unspecified atom stereocenters. The second-order valence-corrected chi connectivity index (χ2v) is 9.38. The minimum absolute atomic E-state index is 0.0339. The Morgan fingerprint density at radius 2 is 1.79 bits per heavy atom. The van der Waals surface area contributed by atoms with E-state index in [2.05, 4.69) is 39.1 Å². The van der Waals surface area contributed by atoms with Crippen LogP contribution in [-0.4, -0.2) is 87.8 Å². The molecule has 1 atom stereocenters. The average molecular weight is 452 g/mol. The number of nitrogens with zero attached hydrogens (tertiary/aromatic N) is 5. The van der Waals surface area contributed by atoms with E-state index in [1.165, 1.54) is 11.1 Å². The molecule has 2 fully saturated rings. The van der Waals surface area contributed by atoms with Crippen LogP contribution in [0.4, 0.5) is 4.79 Å². The number of aliphatic hydroxyl groups is 1. The van der Waals surface area contributed by atoms with E-state index in [1.807, 2.05) is 6.20 Å². The number of hydrogen-bond donors (Lipinski definition) is 1. The topological polar surface area (TPSA) is 82.0 Å². The van der Waals surface area contributed by atoms with Crippen molar-refractivity contribution in [2.75, 3.05) is 45.9 Å². The van der Waals surface area contributed by atoms with Crippen LogP contribution in [0.3, 0.4) is 0 Å². The Kier molecular flexibility index (Phi) is 6.85. The van der Waals surface area contributed by atoms with Crippen molar-refractivity contribution in [2.24, 2.45) is 0 Å². The van der Waals surface area contributed by atoms with Gasteiger partial charge in [0.1, 0.15) is 0 Å². The van der Waals surface area contributed by atoms with Crippen molar-refractivity contribution in [3.63, 3.8) is 0 Å². The zero-order chi connectivity index (χ0) is 22.6. The Hall–Kier alpha value is -2.55. The molecule has 8 nitrogen and oxygen atoms in total. The Bertz CT molecular complexity index is 947. The lowest BCUT2D eigenvalue weighted by molar-refractivity contribution is 0.0811. The molecule has 1 aromatic carbocycles. The highest BCUT2D eigenvalue weighted by Crippen LogP contribution is 2.25. The number of urea groups is 1. The molecule has 0 aliphatic carbocycles. The van der Waals surface area contributed by atoms with E-state index in [1.54, 1.807) is 16.0 Å². The van der Waals surface area contributed by atoms with Crippen LogP contribution in [0.25, 0.3) is 0 Å². The summed E-state index contributed by atoms with van der Waals surface area (Å²) in [5, 5.41) is 10.7. The molecule has 5 rings (SSSR count). The number of aliphatic hydroxyl groups excluding tert-OH is 1. The first-order valence-electron chi connectivity index (χ1n) is 12.1. The zero-order valence-electron chi connectivity index (χ0n) is 19.1. The molecule has 2 amide bonds. The SMILES string of the molecule is O=C1N(Cc2cnc(C3CCOCC3)cn2)CCN1C[C@H](O)CN1CCc2ccccc2C1. The van der Waals surface area contributed by atoms with E-state index in [0.29, 0.717) is 38.6 Å². The second-order valence-electron chi connectivity index (χ2n) is 9.38. The number of amides is 2. The molecule has 0 bridgehead atoms. The molecule has 176 valence electrons. The number of β-amino-alcohol motifs (C(OH)–C–C–N with tert-alkyl or cyclic N) is 1. The van der Waals surface area contributed by atoms with Crippen LogP contribution in [0.1, 0.15) is 41.3 Å². The van der Waals surface area contributed by atoms with Gasteiger partial charge in [0.05, 0.1) is 30.2 Å².